The van der Waals surface area contributed by atoms with Gasteiger partial charge < -0.3 is 19.5 Å². The van der Waals surface area contributed by atoms with Gasteiger partial charge in [0, 0.05) is 25.2 Å². The summed E-state index contributed by atoms with van der Waals surface area (Å²) in [5, 5.41) is 16.7. The second-order valence-corrected chi connectivity index (χ2v) is 6.11. The quantitative estimate of drug-likeness (QED) is 0.890. The third-order valence-corrected chi connectivity index (χ3v) is 3.50. The molecule has 8 heteroatoms. The molecule has 0 saturated heterocycles. The summed E-state index contributed by atoms with van der Waals surface area (Å²) in [4.78, 5) is 26.8. The normalized spacial score (nSPS) is 14.7. The van der Waals surface area contributed by atoms with Crippen LogP contribution in [0.2, 0.25) is 0 Å². The highest BCUT2D eigenvalue weighted by atomic mass is 16.4. The van der Waals surface area contributed by atoms with Gasteiger partial charge in [-0.25, -0.2) is 4.79 Å². The molecule has 0 spiro atoms. The number of aliphatic carboxylic acids is 1. The molecule has 1 N–H and O–H groups in total. The lowest BCUT2D eigenvalue weighted by molar-refractivity contribution is -0.137. The SMILES string of the molecule is CC(C)(C)N(CCC(=O)O)C(=O)N1CCn2cnnc2C1. The molecule has 8 nitrogen and oxygen atoms in total. The molecule has 116 valence electrons. The van der Waals surface area contributed by atoms with E-state index in [2.05, 4.69) is 10.2 Å². The molecule has 1 aliphatic heterocycles. The number of carboxylic acids is 1. The first kappa shape index (κ1) is 15.3. The number of aromatic nitrogens is 3. The van der Waals surface area contributed by atoms with E-state index >= 15 is 0 Å². The standard InChI is InChI=1S/C13H21N5O3/c1-13(2,3)18(5-4-11(19)20)12(21)16-6-7-17-9-14-15-10(17)8-16/h9H,4-8H2,1-3H3,(H,19,20). The number of nitrogens with zero attached hydrogens (tertiary/aromatic N) is 5. The Bertz CT molecular complexity index is 534. The first-order valence-corrected chi connectivity index (χ1v) is 6.94. The molecule has 1 aromatic rings. The van der Waals surface area contributed by atoms with Crippen LogP contribution in [0.3, 0.4) is 0 Å². The van der Waals surface area contributed by atoms with Crippen LogP contribution < -0.4 is 0 Å². The number of rotatable bonds is 3. The van der Waals surface area contributed by atoms with Gasteiger partial charge in [-0.15, -0.1) is 10.2 Å². The fourth-order valence-electron chi connectivity index (χ4n) is 2.33. The Morgan fingerprint density at radius 2 is 2.10 bits per heavy atom. The fraction of sp³-hybridized carbons (Fsp3) is 0.692. The van der Waals surface area contributed by atoms with E-state index in [1.807, 2.05) is 25.3 Å². The summed E-state index contributed by atoms with van der Waals surface area (Å²) >= 11 is 0. The molecule has 0 aromatic carbocycles. The Morgan fingerprint density at radius 1 is 1.38 bits per heavy atom. The maximum absolute atomic E-state index is 12.7. The molecule has 0 fully saturated rings. The molecular formula is C13H21N5O3. The predicted octanol–water partition coefficient (Wildman–Crippen LogP) is 0.789. The first-order chi connectivity index (χ1) is 9.79. The maximum Gasteiger partial charge on any atom is 0.320 e. The number of amides is 2. The monoisotopic (exact) mass is 295 g/mol. The van der Waals surface area contributed by atoms with Crippen molar-refractivity contribution >= 4 is 12.0 Å². The van der Waals surface area contributed by atoms with Gasteiger partial charge in [0.1, 0.15) is 6.33 Å². The van der Waals surface area contributed by atoms with E-state index < -0.39 is 11.5 Å². The van der Waals surface area contributed by atoms with Crippen LogP contribution in [-0.4, -0.2) is 60.3 Å². The maximum atomic E-state index is 12.7. The Kier molecular flexibility index (Phi) is 4.15. The highest BCUT2D eigenvalue weighted by molar-refractivity contribution is 5.76. The number of carbonyl (C=O) groups is 2. The second kappa shape index (κ2) is 5.71. The summed E-state index contributed by atoms with van der Waals surface area (Å²) < 4.78 is 1.92. The molecule has 1 aliphatic rings. The van der Waals surface area contributed by atoms with Gasteiger partial charge in [-0.1, -0.05) is 0 Å². The summed E-state index contributed by atoms with van der Waals surface area (Å²) in [5.41, 5.74) is -0.433. The van der Waals surface area contributed by atoms with Crippen molar-refractivity contribution < 1.29 is 14.7 Å². The summed E-state index contributed by atoms with van der Waals surface area (Å²) in [6.45, 7) is 7.53. The minimum atomic E-state index is -0.907. The summed E-state index contributed by atoms with van der Waals surface area (Å²) in [6.07, 6.45) is 1.59. The second-order valence-electron chi connectivity index (χ2n) is 6.11. The van der Waals surface area contributed by atoms with Crippen molar-refractivity contribution in [2.75, 3.05) is 13.1 Å². The molecule has 0 saturated carbocycles. The largest absolute Gasteiger partial charge is 0.481 e. The third-order valence-electron chi connectivity index (χ3n) is 3.50. The van der Waals surface area contributed by atoms with Crippen LogP contribution >= 0.6 is 0 Å². The first-order valence-electron chi connectivity index (χ1n) is 6.94. The van der Waals surface area contributed by atoms with Crippen LogP contribution in [-0.2, 0) is 17.9 Å². The van der Waals surface area contributed by atoms with E-state index in [1.54, 1.807) is 16.1 Å². The molecule has 0 bridgehead atoms. The van der Waals surface area contributed by atoms with Crippen molar-refractivity contribution in [3.8, 4) is 0 Å². The van der Waals surface area contributed by atoms with Crippen LogP contribution in [0.25, 0.3) is 0 Å². The average Bonchev–Trinajstić information content (AvgIpc) is 2.83. The summed E-state index contributed by atoms with van der Waals surface area (Å²) in [6, 6.07) is -0.155. The minimum absolute atomic E-state index is 0.0625. The fourth-order valence-corrected chi connectivity index (χ4v) is 2.33. The highest BCUT2D eigenvalue weighted by Crippen LogP contribution is 2.19. The van der Waals surface area contributed by atoms with E-state index in [4.69, 9.17) is 5.11 Å². The molecule has 0 radical (unpaired) electrons. The van der Waals surface area contributed by atoms with E-state index in [0.717, 1.165) is 5.82 Å². The topological polar surface area (TPSA) is 91.6 Å². The van der Waals surface area contributed by atoms with Gasteiger partial charge in [0.05, 0.1) is 13.0 Å². The van der Waals surface area contributed by atoms with E-state index in [9.17, 15) is 9.59 Å². The van der Waals surface area contributed by atoms with Crippen molar-refractivity contribution in [2.45, 2.75) is 45.8 Å². The van der Waals surface area contributed by atoms with E-state index in [1.165, 1.54) is 0 Å². The van der Waals surface area contributed by atoms with Crippen molar-refractivity contribution in [3.63, 3.8) is 0 Å². The zero-order valence-electron chi connectivity index (χ0n) is 12.6. The van der Waals surface area contributed by atoms with Crippen molar-refractivity contribution in [3.05, 3.63) is 12.2 Å². The number of carbonyl (C=O) groups excluding carboxylic acids is 1. The molecule has 0 atom stereocenters. The van der Waals surface area contributed by atoms with Gasteiger partial charge in [0.15, 0.2) is 5.82 Å². The lowest BCUT2D eigenvalue weighted by atomic mass is 10.1. The van der Waals surface area contributed by atoms with Gasteiger partial charge in [-0.2, -0.15) is 0 Å². The Balaban J connectivity index is 2.10. The van der Waals surface area contributed by atoms with Gasteiger partial charge in [0.2, 0.25) is 0 Å². The van der Waals surface area contributed by atoms with Crippen LogP contribution in [0.15, 0.2) is 6.33 Å². The van der Waals surface area contributed by atoms with Crippen molar-refractivity contribution in [1.82, 2.24) is 24.6 Å². The molecule has 0 unspecified atom stereocenters. The third kappa shape index (κ3) is 3.50. The Labute approximate surface area is 123 Å². The molecule has 0 aliphatic carbocycles. The van der Waals surface area contributed by atoms with Crippen LogP contribution in [0, 0.1) is 0 Å². The highest BCUT2D eigenvalue weighted by Gasteiger charge is 2.32. The van der Waals surface area contributed by atoms with Gasteiger partial charge in [0.25, 0.3) is 0 Å². The summed E-state index contributed by atoms with van der Waals surface area (Å²) in [5.74, 6) is -0.155. The molecule has 1 aromatic heterocycles. The molecule has 2 heterocycles. The van der Waals surface area contributed by atoms with E-state index in [0.29, 0.717) is 19.6 Å². The predicted molar refractivity (Wildman–Crippen MR) is 74.5 cm³/mol. The lowest BCUT2D eigenvalue weighted by Crippen LogP contribution is -2.53. The lowest BCUT2D eigenvalue weighted by Gasteiger charge is -2.40. The van der Waals surface area contributed by atoms with Crippen molar-refractivity contribution in [1.29, 1.82) is 0 Å². The van der Waals surface area contributed by atoms with E-state index in [-0.39, 0.29) is 19.0 Å². The Hall–Kier alpha value is -2.12. The zero-order valence-corrected chi connectivity index (χ0v) is 12.6. The van der Waals surface area contributed by atoms with Crippen LogP contribution in [0.5, 0.6) is 0 Å². The smallest absolute Gasteiger partial charge is 0.320 e. The Morgan fingerprint density at radius 3 is 2.71 bits per heavy atom. The number of hydrogen-bond donors (Lipinski definition) is 1. The zero-order chi connectivity index (χ0) is 15.6. The number of urea groups is 1. The minimum Gasteiger partial charge on any atom is -0.481 e. The molecular weight excluding hydrogens is 274 g/mol. The van der Waals surface area contributed by atoms with Gasteiger partial charge >= 0.3 is 12.0 Å². The van der Waals surface area contributed by atoms with Crippen molar-refractivity contribution in [2.24, 2.45) is 0 Å². The van der Waals surface area contributed by atoms with Gasteiger partial charge in [-0.05, 0) is 20.8 Å². The summed E-state index contributed by atoms with van der Waals surface area (Å²) in [7, 11) is 0. The average molecular weight is 295 g/mol. The number of carboxylic acid groups (broad SMARTS) is 1. The van der Waals surface area contributed by atoms with Crippen LogP contribution in [0.4, 0.5) is 4.79 Å². The van der Waals surface area contributed by atoms with Gasteiger partial charge in [-0.3, -0.25) is 4.79 Å². The number of hydrogen-bond acceptors (Lipinski definition) is 4. The molecule has 2 amide bonds. The van der Waals surface area contributed by atoms with Crippen LogP contribution in [0.1, 0.15) is 33.0 Å². The number of fused-ring (bicyclic) bond motifs is 1. The molecule has 21 heavy (non-hydrogen) atoms. The molecule has 2 rings (SSSR count).